The number of nitrogens with two attached hydrogens (primary N) is 1. The van der Waals surface area contributed by atoms with E-state index in [2.05, 4.69) is 20.2 Å². The van der Waals surface area contributed by atoms with Crippen LogP contribution in [0.2, 0.25) is 0 Å². The molecule has 1 aliphatic rings. The molecule has 9 nitrogen and oxygen atoms in total. The van der Waals surface area contributed by atoms with Crippen LogP contribution in [0.15, 0.2) is 47.4 Å². The van der Waals surface area contributed by atoms with Gasteiger partial charge < -0.3 is 21.1 Å². The van der Waals surface area contributed by atoms with Gasteiger partial charge in [0.05, 0.1) is 4.90 Å². The third kappa shape index (κ3) is 5.88. The number of hydrogen-bond donors (Lipinski definition) is 4. The Morgan fingerprint density at radius 3 is 2.39 bits per heavy atom. The van der Waals surface area contributed by atoms with Crippen molar-refractivity contribution in [3.05, 3.63) is 53.7 Å². The van der Waals surface area contributed by atoms with Crippen LogP contribution in [-0.2, 0) is 16.5 Å². The van der Waals surface area contributed by atoms with Crippen LogP contribution in [0.4, 0.5) is 11.8 Å². The third-order valence-corrected chi connectivity index (χ3v) is 5.86. The average molecular weight is 446 g/mol. The van der Waals surface area contributed by atoms with E-state index in [9.17, 15) is 8.42 Å². The van der Waals surface area contributed by atoms with Crippen LogP contribution < -0.4 is 16.0 Å². The van der Waals surface area contributed by atoms with Crippen LogP contribution in [0.3, 0.4) is 0 Å². The minimum Gasteiger partial charge on any atom is -0.396 e. The van der Waals surface area contributed by atoms with Gasteiger partial charge in [-0.2, -0.15) is 13.4 Å². The maximum atomic E-state index is 10.8. The third-order valence-electron chi connectivity index (χ3n) is 5.01. The largest absolute Gasteiger partial charge is 0.396 e. The fraction of sp³-hybridized carbons (Fsp3) is 0.333. The molecule has 1 aliphatic heterocycles. The van der Waals surface area contributed by atoms with Crippen molar-refractivity contribution in [2.24, 2.45) is 0 Å². The molecule has 10 heteroatoms. The van der Waals surface area contributed by atoms with Crippen LogP contribution >= 0.6 is 0 Å². The molecule has 0 bridgehead atoms. The second-order valence-electron chi connectivity index (χ2n) is 7.17. The summed E-state index contributed by atoms with van der Waals surface area (Å²) in [5.74, 6) is 1.18. The number of benzene rings is 2. The Bertz CT molecular complexity index is 1120. The van der Waals surface area contributed by atoms with Gasteiger partial charge in [0.15, 0.2) is 0 Å². The zero-order valence-electron chi connectivity index (χ0n) is 17.3. The van der Waals surface area contributed by atoms with Crippen LogP contribution in [0.5, 0.6) is 0 Å². The van der Waals surface area contributed by atoms with E-state index in [1.165, 1.54) is 12.1 Å². The summed E-state index contributed by atoms with van der Waals surface area (Å²) in [7, 11) is -4.09. The molecule has 2 heterocycles. The highest BCUT2D eigenvalue weighted by Gasteiger charge is 2.16. The fourth-order valence-corrected chi connectivity index (χ4v) is 3.87. The minimum absolute atomic E-state index is 0.0708. The topological polar surface area (TPSA) is 142 Å². The number of nitrogens with zero attached hydrogens (tertiary/aromatic N) is 3. The summed E-state index contributed by atoms with van der Waals surface area (Å²) in [5.41, 5.74) is 7.62. The van der Waals surface area contributed by atoms with E-state index in [4.69, 9.17) is 15.4 Å². The standard InChI is InChI=1S/C11H19N5O.C10H8O3S/c1-8-9(2-7-17)10(12)15-11(14-8)16-5-3-13-4-6-16;11-14(12,13)10-6-5-8-3-1-2-4-9(8)7-10/h13,17H,2-7H2,1H3,(H2,12,14,15);1-7H,(H,11,12,13). The lowest BCUT2D eigenvalue weighted by Crippen LogP contribution is -2.44. The fourth-order valence-electron chi connectivity index (χ4n) is 3.36. The van der Waals surface area contributed by atoms with Crippen molar-refractivity contribution in [2.45, 2.75) is 18.2 Å². The molecule has 0 unspecified atom stereocenters. The molecular formula is C21H27N5O4S. The zero-order chi connectivity index (χ0) is 22.4. The summed E-state index contributed by atoms with van der Waals surface area (Å²) in [5, 5.41) is 14.0. The van der Waals surface area contributed by atoms with Gasteiger partial charge in [-0.05, 0) is 29.8 Å². The number of rotatable bonds is 4. The monoisotopic (exact) mass is 445 g/mol. The summed E-state index contributed by atoms with van der Waals surface area (Å²) in [4.78, 5) is 10.9. The smallest absolute Gasteiger partial charge is 0.294 e. The lowest BCUT2D eigenvalue weighted by atomic mass is 10.1. The van der Waals surface area contributed by atoms with Gasteiger partial charge in [-0.25, -0.2) is 4.98 Å². The van der Waals surface area contributed by atoms with Crippen LogP contribution in [0, 0.1) is 6.92 Å². The molecule has 0 saturated carbocycles. The molecule has 0 spiro atoms. The van der Waals surface area contributed by atoms with Crippen molar-refractivity contribution in [3.63, 3.8) is 0 Å². The molecule has 1 fully saturated rings. The first-order valence-corrected chi connectivity index (χ1v) is 11.4. The van der Waals surface area contributed by atoms with Crippen molar-refractivity contribution < 1.29 is 18.1 Å². The maximum Gasteiger partial charge on any atom is 0.294 e. The van der Waals surface area contributed by atoms with E-state index in [0.29, 0.717) is 18.2 Å². The second kappa shape index (κ2) is 10.0. The van der Waals surface area contributed by atoms with Crippen LogP contribution in [-0.4, -0.2) is 60.8 Å². The van der Waals surface area contributed by atoms with Gasteiger partial charge in [0, 0.05) is 50.5 Å². The number of aliphatic hydroxyl groups excluding tert-OH is 1. The summed E-state index contributed by atoms with van der Waals surface area (Å²) >= 11 is 0. The summed E-state index contributed by atoms with van der Waals surface area (Å²) in [6.07, 6.45) is 0.513. The van der Waals surface area contributed by atoms with Gasteiger partial charge >= 0.3 is 0 Å². The Morgan fingerprint density at radius 2 is 1.77 bits per heavy atom. The van der Waals surface area contributed by atoms with E-state index in [1.54, 1.807) is 12.1 Å². The van der Waals surface area contributed by atoms with E-state index >= 15 is 0 Å². The quantitative estimate of drug-likeness (QED) is 0.438. The second-order valence-corrected chi connectivity index (χ2v) is 8.59. The number of aromatic nitrogens is 2. The number of anilines is 2. The first-order chi connectivity index (χ1) is 14.8. The first-order valence-electron chi connectivity index (χ1n) is 9.95. The van der Waals surface area contributed by atoms with Gasteiger partial charge in [-0.3, -0.25) is 4.55 Å². The minimum atomic E-state index is -4.09. The van der Waals surface area contributed by atoms with Crippen LogP contribution in [0.1, 0.15) is 11.3 Å². The number of fused-ring (bicyclic) bond motifs is 1. The first kappa shape index (κ1) is 22.9. The van der Waals surface area contributed by atoms with Gasteiger partial charge in [0.25, 0.3) is 10.1 Å². The maximum absolute atomic E-state index is 10.8. The van der Waals surface area contributed by atoms with Crippen molar-refractivity contribution >= 4 is 32.7 Å². The molecule has 0 atom stereocenters. The highest BCUT2D eigenvalue weighted by molar-refractivity contribution is 7.85. The molecule has 31 heavy (non-hydrogen) atoms. The normalized spacial score (nSPS) is 14.2. The molecule has 0 amide bonds. The number of aryl methyl sites for hydroxylation is 1. The summed E-state index contributed by atoms with van der Waals surface area (Å²) in [6.45, 7) is 5.67. The Balaban J connectivity index is 0.000000179. The van der Waals surface area contributed by atoms with Crippen molar-refractivity contribution in [2.75, 3.05) is 43.4 Å². The number of nitrogen functional groups attached to an aromatic ring is 1. The highest BCUT2D eigenvalue weighted by atomic mass is 32.2. The number of aliphatic hydroxyl groups is 1. The summed E-state index contributed by atoms with van der Waals surface area (Å²) < 4.78 is 30.5. The molecule has 166 valence electrons. The number of nitrogens with one attached hydrogen (secondary N) is 1. The SMILES string of the molecule is Cc1nc(N2CCNCC2)nc(N)c1CCO.O=S(=O)(O)c1ccc2ccccc2c1. The Kier molecular flexibility index (Phi) is 7.39. The van der Waals surface area contributed by atoms with Crippen molar-refractivity contribution in [1.82, 2.24) is 15.3 Å². The zero-order valence-corrected chi connectivity index (χ0v) is 18.1. The van der Waals surface area contributed by atoms with Crippen LogP contribution in [0.25, 0.3) is 10.8 Å². The van der Waals surface area contributed by atoms with E-state index in [-0.39, 0.29) is 11.5 Å². The van der Waals surface area contributed by atoms with Gasteiger partial charge in [-0.1, -0.05) is 30.3 Å². The highest BCUT2D eigenvalue weighted by Crippen LogP contribution is 2.19. The Hall–Kier alpha value is -2.79. The lowest BCUT2D eigenvalue weighted by Gasteiger charge is -2.28. The van der Waals surface area contributed by atoms with Crippen molar-refractivity contribution in [1.29, 1.82) is 0 Å². The summed E-state index contributed by atoms with van der Waals surface area (Å²) in [6, 6.07) is 11.9. The van der Waals surface area contributed by atoms with E-state index < -0.39 is 10.1 Å². The number of hydrogen-bond acceptors (Lipinski definition) is 8. The molecular weight excluding hydrogens is 418 g/mol. The van der Waals surface area contributed by atoms with E-state index in [0.717, 1.165) is 48.2 Å². The van der Waals surface area contributed by atoms with Crippen molar-refractivity contribution in [3.8, 4) is 0 Å². The molecule has 0 aliphatic carbocycles. The number of piperazine rings is 1. The molecule has 5 N–H and O–H groups in total. The molecule has 2 aromatic carbocycles. The predicted octanol–water partition coefficient (Wildman–Crippen LogP) is 1.40. The van der Waals surface area contributed by atoms with Gasteiger partial charge in [0.1, 0.15) is 5.82 Å². The molecule has 1 aromatic heterocycles. The Morgan fingerprint density at radius 1 is 1.10 bits per heavy atom. The average Bonchev–Trinajstić information content (AvgIpc) is 2.76. The molecule has 0 radical (unpaired) electrons. The molecule has 4 rings (SSSR count). The van der Waals surface area contributed by atoms with E-state index in [1.807, 2.05) is 25.1 Å². The van der Waals surface area contributed by atoms with Gasteiger partial charge in [0.2, 0.25) is 5.95 Å². The van der Waals surface area contributed by atoms with Gasteiger partial charge in [-0.15, -0.1) is 0 Å². The lowest BCUT2D eigenvalue weighted by molar-refractivity contribution is 0.299. The predicted molar refractivity (Wildman–Crippen MR) is 121 cm³/mol. The molecule has 3 aromatic rings. The Labute approximate surface area is 181 Å². The molecule has 1 saturated heterocycles.